The van der Waals surface area contributed by atoms with Gasteiger partial charge in [-0.1, -0.05) is 98.6 Å². The average Bonchev–Trinajstić information content (AvgIpc) is 3.66. The van der Waals surface area contributed by atoms with E-state index >= 15 is 0 Å². The number of benzene rings is 4. The Bertz CT molecular complexity index is 1820. The van der Waals surface area contributed by atoms with Crippen LogP contribution in [0.15, 0.2) is 101 Å². The maximum atomic E-state index is 13.3. The molecule has 0 aliphatic heterocycles. The second-order valence-electron chi connectivity index (χ2n) is 11.6. The lowest BCUT2D eigenvalue weighted by atomic mass is 9.98. The highest BCUT2D eigenvalue weighted by molar-refractivity contribution is 5.93. The number of amides is 2. The monoisotopic (exact) mass is 631 g/mol. The number of esters is 1. The molecule has 9 nitrogen and oxygen atoms in total. The highest BCUT2D eigenvalue weighted by Crippen LogP contribution is 2.44. The number of nitrogens with zero attached hydrogens (tertiary/aromatic N) is 1. The van der Waals surface area contributed by atoms with E-state index in [1.807, 2.05) is 54.6 Å². The highest BCUT2D eigenvalue weighted by atomic mass is 16.5. The number of oxazole rings is 1. The van der Waals surface area contributed by atoms with Crippen LogP contribution in [0.5, 0.6) is 0 Å². The molecular formula is C38H37N3O6. The first-order chi connectivity index (χ1) is 23.0. The predicted molar refractivity (Wildman–Crippen MR) is 178 cm³/mol. The SMILES string of the molecule is CCCCCNC(=O)[C@H](Cc1nc2cc(C(=O)OCc3ccccc3)ccc2o1)NC(=O)OCC1c2ccccc2-c2ccccc21. The lowest BCUT2D eigenvalue weighted by molar-refractivity contribution is -0.123. The molecule has 0 saturated heterocycles. The van der Waals surface area contributed by atoms with Crippen LogP contribution in [0.1, 0.15) is 65.0 Å². The van der Waals surface area contributed by atoms with Crippen LogP contribution in [0.25, 0.3) is 22.2 Å². The Morgan fingerprint density at radius 1 is 0.851 bits per heavy atom. The van der Waals surface area contributed by atoms with E-state index in [9.17, 15) is 14.4 Å². The molecule has 5 aromatic rings. The van der Waals surface area contributed by atoms with Gasteiger partial charge in [-0.15, -0.1) is 0 Å². The molecule has 4 aromatic carbocycles. The topological polar surface area (TPSA) is 120 Å². The first-order valence-electron chi connectivity index (χ1n) is 16.0. The predicted octanol–water partition coefficient (Wildman–Crippen LogP) is 6.94. The Balaban J connectivity index is 1.13. The third kappa shape index (κ3) is 7.52. The number of nitrogens with one attached hydrogen (secondary N) is 2. The van der Waals surface area contributed by atoms with E-state index in [4.69, 9.17) is 13.9 Å². The van der Waals surface area contributed by atoms with Gasteiger partial charge in [-0.05, 0) is 52.4 Å². The van der Waals surface area contributed by atoms with E-state index in [1.165, 1.54) is 0 Å². The van der Waals surface area contributed by atoms with Crippen molar-refractivity contribution in [3.63, 3.8) is 0 Å². The second-order valence-corrected chi connectivity index (χ2v) is 11.6. The van der Waals surface area contributed by atoms with Crippen molar-refractivity contribution in [2.75, 3.05) is 13.2 Å². The molecule has 9 heteroatoms. The van der Waals surface area contributed by atoms with Crippen molar-refractivity contribution < 1.29 is 28.3 Å². The molecule has 1 atom stereocenters. The summed E-state index contributed by atoms with van der Waals surface area (Å²) in [5.41, 5.74) is 6.56. The van der Waals surface area contributed by atoms with Gasteiger partial charge < -0.3 is 24.5 Å². The summed E-state index contributed by atoms with van der Waals surface area (Å²) in [6.07, 6.45) is 2.10. The van der Waals surface area contributed by atoms with Crippen molar-refractivity contribution in [3.8, 4) is 11.1 Å². The summed E-state index contributed by atoms with van der Waals surface area (Å²) in [4.78, 5) is 43.6. The molecule has 1 aliphatic carbocycles. The minimum atomic E-state index is -0.990. The van der Waals surface area contributed by atoms with Gasteiger partial charge in [0, 0.05) is 12.5 Å². The van der Waals surface area contributed by atoms with Crippen LogP contribution in [-0.2, 0) is 27.3 Å². The molecule has 0 radical (unpaired) electrons. The van der Waals surface area contributed by atoms with Crippen molar-refractivity contribution >= 4 is 29.1 Å². The van der Waals surface area contributed by atoms with Crippen LogP contribution in [-0.4, -0.2) is 42.1 Å². The molecular weight excluding hydrogens is 594 g/mol. The van der Waals surface area contributed by atoms with Gasteiger partial charge >= 0.3 is 12.1 Å². The molecule has 1 aromatic heterocycles. The summed E-state index contributed by atoms with van der Waals surface area (Å²) in [6, 6.07) is 29.5. The van der Waals surface area contributed by atoms with Gasteiger partial charge in [-0.3, -0.25) is 4.79 Å². The van der Waals surface area contributed by atoms with Crippen molar-refractivity contribution in [1.82, 2.24) is 15.6 Å². The summed E-state index contributed by atoms with van der Waals surface area (Å²) >= 11 is 0. The zero-order chi connectivity index (χ0) is 32.6. The summed E-state index contributed by atoms with van der Waals surface area (Å²) in [5, 5.41) is 5.65. The Morgan fingerprint density at radius 3 is 2.28 bits per heavy atom. The molecule has 0 fully saturated rings. The van der Waals surface area contributed by atoms with Crippen molar-refractivity contribution in [3.05, 3.63) is 125 Å². The number of unbranched alkanes of at least 4 members (excludes halogenated alkanes) is 2. The molecule has 0 unspecified atom stereocenters. The quantitative estimate of drug-likeness (QED) is 0.107. The Labute approximate surface area is 273 Å². The van der Waals surface area contributed by atoms with E-state index in [0.29, 0.717) is 23.2 Å². The van der Waals surface area contributed by atoms with Gasteiger partial charge in [0.15, 0.2) is 11.5 Å². The van der Waals surface area contributed by atoms with Crippen molar-refractivity contribution in [1.29, 1.82) is 0 Å². The van der Waals surface area contributed by atoms with Gasteiger partial charge in [0.25, 0.3) is 0 Å². The lowest BCUT2D eigenvalue weighted by Gasteiger charge is -2.19. The van der Waals surface area contributed by atoms with Crippen LogP contribution < -0.4 is 10.6 Å². The zero-order valence-electron chi connectivity index (χ0n) is 26.2. The summed E-state index contributed by atoms with van der Waals surface area (Å²) in [5.74, 6) is -0.717. The normalized spacial score (nSPS) is 12.6. The van der Waals surface area contributed by atoms with Crippen LogP contribution in [0, 0.1) is 0 Å². The first kappa shape index (κ1) is 31.5. The Hall–Kier alpha value is -5.44. The third-order valence-electron chi connectivity index (χ3n) is 8.29. The van der Waals surface area contributed by atoms with Crippen LogP contribution >= 0.6 is 0 Å². The number of aromatic nitrogens is 1. The lowest BCUT2D eigenvalue weighted by Crippen LogP contribution is -2.48. The van der Waals surface area contributed by atoms with E-state index in [1.54, 1.807) is 18.2 Å². The van der Waals surface area contributed by atoms with Crippen molar-refractivity contribution in [2.45, 2.75) is 51.2 Å². The molecule has 0 spiro atoms. The number of fused-ring (bicyclic) bond motifs is 4. The zero-order valence-corrected chi connectivity index (χ0v) is 26.2. The average molecular weight is 632 g/mol. The van der Waals surface area contributed by atoms with E-state index in [2.05, 4.69) is 46.8 Å². The maximum absolute atomic E-state index is 13.3. The standard InChI is InChI=1S/C38H37N3O6/c1-2-3-11-20-39-36(42)33(41-38(44)46-24-31-29-16-9-7-14-27(29)28-15-8-10-17-30(28)31)22-35-40-32-21-26(18-19-34(32)47-35)37(43)45-23-25-12-5-4-6-13-25/h4-10,12-19,21,31,33H,2-3,11,20,22-24H2,1H3,(H,39,42)(H,41,44)/t33-/m0/s1. The van der Waals surface area contributed by atoms with Crippen LogP contribution in [0.4, 0.5) is 4.79 Å². The molecule has 0 bridgehead atoms. The van der Waals surface area contributed by atoms with E-state index in [0.717, 1.165) is 47.1 Å². The summed E-state index contributed by atoms with van der Waals surface area (Å²) in [6.45, 7) is 2.84. The minimum absolute atomic E-state index is 0.00767. The van der Waals surface area contributed by atoms with Gasteiger partial charge in [0.2, 0.25) is 5.91 Å². The number of carbonyl (C=O) groups excluding carboxylic acids is 3. The number of rotatable bonds is 13. The summed E-state index contributed by atoms with van der Waals surface area (Å²) in [7, 11) is 0. The van der Waals surface area contributed by atoms with E-state index in [-0.39, 0.29) is 37.4 Å². The second kappa shape index (κ2) is 14.8. The van der Waals surface area contributed by atoms with Crippen molar-refractivity contribution in [2.24, 2.45) is 0 Å². The molecule has 47 heavy (non-hydrogen) atoms. The third-order valence-corrected chi connectivity index (χ3v) is 8.29. The van der Waals surface area contributed by atoms with Crippen LogP contribution in [0.3, 0.4) is 0 Å². The number of hydrogen-bond donors (Lipinski definition) is 2. The fourth-order valence-corrected chi connectivity index (χ4v) is 5.87. The fraction of sp³-hybridized carbons (Fsp3) is 0.263. The summed E-state index contributed by atoms with van der Waals surface area (Å²) < 4.78 is 17.1. The van der Waals surface area contributed by atoms with E-state index < -0.39 is 18.1 Å². The number of ether oxygens (including phenoxy) is 2. The Morgan fingerprint density at radius 2 is 1.55 bits per heavy atom. The molecule has 6 rings (SSSR count). The molecule has 0 saturated carbocycles. The Kier molecular flexibility index (Phi) is 9.91. The van der Waals surface area contributed by atoms with Gasteiger partial charge in [0.05, 0.1) is 12.0 Å². The molecule has 240 valence electrons. The number of alkyl carbamates (subject to hydrolysis) is 1. The minimum Gasteiger partial charge on any atom is -0.457 e. The largest absolute Gasteiger partial charge is 0.457 e. The number of hydrogen-bond acceptors (Lipinski definition) is 7. The fourth-order valence-electron chi connectivity index (χ4n) is 5.87. The molecule has 1 heterocycles. The number of carbonyl (C=O) groups is 3. The molecule has 2 amide bonds. The molecule has 1 aliphatic rings. The van der Waals surface area contributed by atoms with Gasteiger partial charge in [0.1, 0.15) is 24.8 Å². The smallest absolute Gasteiger partial charge is 0.407 e. The highest BCUT2D eigenvalue weighted by Gasteiger charge is 2.30. The van der Waals surface area contributed by atoms with Crippen LogP contribution in [0.2, 0.25) is 0 Å². The molecule has 2 N–H and O–H groups in total. The van der Waals surface area contributed by atoms with Gasteiger partial charge in [-0.25, -0.2) is 14.6 Å². The maximum Gasteiger partial charge on any atom is 0.407 e. The van der Waals surface area contributed by atoms with Gasteiger partial charge in [-0.2, -0.15) is 0 Å². The first-order valence-corrected chi connectivity index (χ1v) is 16.0.